The van der Waals surface area contributed by atoms with Gasteiger partial charge in [-0.3, -0.25) is 0 Å². The highest BCUT2D eigenvalue weighted by atomic mass is 16.3. The molecule has 0 bridgehead atoms. The Balaban J connectivity index is 0.000000606. The van der Waals surface area contributed by atoms with E-state index in [9.17, 15) is 10.2 Å². The molecule has 0 unspecified atom stereocenters. The molecular formula is C13H18NO2+. The van der Waals surface area contributed by atoms with E-state index in [0.717, 1.165) is 10.9 Å². The van der Waals surface area contributed by atoms with Crippen LogP contribution in [-0.4, -0.2) is 10.2 Å². The van der Waals surface area contributed by atoms with Crippen LogP contribution in [0.25, 0.3) is 10.9 Å². The van der Waals surface area contributed by atoms with Gasteiger partial charge in [-0.1, -0.05) is 13.8 Å². The van der Waals surface area contributed by atoms with Gasteiger partial charge in [0.1, 0.15) is 7.05 Å². The molecule has 0 amide bonds. The molecular weight excluding hydrogens is 202 g/mol. The SMILES string of the molecule is CC.Cc1c(O)c(O)cc2ccc[n+](C)c12. The van der Waals surface area contributed by atoms with Crippen LogP contribution >= 0.6 is 0 Å². The third kappa shape index (κ3) is 1.94. The van der Waals surface area contributed by atoms with Crippen molar-refractivity contribution in [2.75, 3.05) is 0 Å². The van der Waals surface area contributed by atoms with Crippen LogP contribution in [0.4, 0.5) is 0 Å². The van der Waals surface area contributed by atoms with Crippen molar-refractivity contribution in [2.45, 2.75) is 20.8 Å². The number of hydrogen-bond donors (Lipinski definition) is 2. The summed E-state index contributed by atoms with van der Waals surface area (Å²) < 4.78 is 1.92. The van der Waals surface area contributed by atoms with E-state index in [0.29, 0.717) is 5.56 Å². The van der Waals surface area contributed by atoms with E-state index < -0.39 is 0 Å². The van der Waals surface area contributed by atoms with E-state index in [1.807, 2.05) is 43.8 Å². The average Bonchev–Trinajstić information content (AvgIpc) is 2.28. The molecule has 0 atom stereocenters. The standard InChI is InChI=1S/C11H11NO2.C2H6/c1-7-10-8(4-3-5-12(10)2)6-9(13)11(7)14;1-2/h3-6,13H,1-2H3;1-2H3/p+1. The molecule has 16 heavy (non-hydrogen) atoms. The molecule has 0 spiro atoms. The predicted octanol–water partition coefficient (Wildman–Crippen LogP) is 2.41. The van der Waals surface area contributed by atoms with Crippen molar-refractivity contribution in [3.8, 4) is 11.5 Å². The predicted molar refractivity (Wildman–Crippen MR) is 64.5 cm³/mol. The minimum absolute atomic E-state index is 0.0423. The molecule has 0 saturated heterocycles. The van der Waals surface area contributed by atoms with Crippen molar-refractivity contribution in [1.29, 1.82) is 0 Å². The van der Waals surface area contributed by atoms with E-state index in [-0.39, 0.29) is 11.5 Å². The summed E-state index contributed by atoms with van der Waals surface area (Å²) in [6.07, 6.45) is 1.91. The number of fused-ring (bicyclic) bond motifs is 1. The number of phenols is 2. The fraction of sp³-hybridized carbons (Fsp3) is 0.308. The normalized spacial score (nSPS) is 9.75. The fourth-order valence-corrected chi connectivity index (χ4v) is 1.75. The van der Waals surface area contributed by atoms with Crippen LogP contribution in [0.1, 0.15) is 19.4 Å². The lowest BCUT2D eigenvalue weighted by Crippen LogP contribution is -2.28. The molecule has 0 aliphatic carbocycles. The molecule has 2 N–H and O–H groups in total. The van der Waals surface area contributed by atoms with Crippen molar-refractivity contribution in [3.63, 3.8) is 0 Å². The molecule has 2 aromatic rings. The summed E-state index contributed by atoms with van der Waals surface area (Å²) in [5.74, 6) is -0.111. The Hall–Kier alpha value is -1.77. The second-order valence-electron chi connectivity index (χ2n) is 3.43. The van der Waals surface area contributed by atoms with Gasteiger partial charge in [0.2, 0.25) is 5.52 Å². The van der Waals surface area contributed by atoms with Gasteiger partial charge in [0, 0.05) is 6.07 Å². The average molecular weight is 220 g/mol. The Morgan fingerprint density at radius 1 is 1.19 bits per heavy atom. The largest absolute Gasteiger partial charge is 0.504 e. The van der Waals surface area contributed by atoms with Gasteiger partial charge in [0.15, 0.2) is 17.7 Å². The first-order valence-corrected chi connectivity index (χ1v) is 5.41. The van der Waals surface area contributed by atoms with Crippen LogP contribution in [-0.2, 0) is 7.05 Å². The number of aromatic hydroxyl groups is 2. The summed E-state index contributed by atoms with van der Waals surface area (Å²) in [4.78, 5) is 0. The van der Waals surface area contributed by atoms with E-state index >= 15 is 0 Å². The van der Waals surface area contributed by atoms with Gasteiger partial charge < -0.3 is 10.2 Å². The highest BCUT2D eigenvalue weighted by Gasteiger charge is 2.14. The first-order chi connectivity index (χ1) is 7.61. The van der Waals surface area contributed by atoms with Gasteiger partial charge in [0.05, 0.1) is 10.9 Å². The lowest BCUT2D eigenvalue weighted by Gasteiger charge is -2.04. The molecule has 2 rings (SSSR count). The van der Waals surface area contributed by atoms with Crippen molar-refractivity contribution < 1.29 is 14.8 Å². The van der Waals surface area contributed by atoms with Crippen LogP contribution in [0, 0.1) is 6.92 Å². The van der Waals surface area contributed by atoms with Gasteiger partial charge in [-0.2, -0.15) is 0 Å². The van der Waals surface area contributed by atoms with Gasteiger partial charge in [-0.05, 0) is 19.1 Å². The Kier molecular flexibility index (Phi) is 3.72. The maximum Gasteiger partial charge on any atom is 0.219 e. The van der Waals surface area contributed by atoms with Crippen LogP contribution in [0.15, 0.2) is 24.4 Å². The lowest BCUT2D eigenvalue weighted by atomic mass is 10.1. The van der Waals surface area contributed by atoms with Crippen LogP contribution in [0.5, 0.6) is 11.5 Å². The highest BCUT2D eigenvalue weighted by Crippen LogP contribution is 2.33. The molecule has 3 heteroatoms. The number of phenolic OH excluding ortho intramolecular Hbond substituents is 2. The quantitative estimate of drug-likeness (QED) is 0.529. The summed E-state index contributed by atoms with van der Waals surface area (Å²) in [5, 5.41) is 19.9. The third-order valence-corrected chi connectivity index (χ3v) is 2.46. The smallest absolute Gasteiger partial charge is 0.219 e. The van der Waals surface area contributed by atoms with E-state index in [2.05, 4.69) is 0 Å². The first-order valence-electron chi connectivity index (χ1n) is 5.41. The minimum atomic E-state index is -0.0683. The van der Waals surface area contributed by atoms with Gasteiger partial charge in [-0.25, -0.2) is 4.57 Å². The Morgan fingerprint density at radius 3 is 2.44 bits per heavy atom. The molecule has 0 aliphatic rings. The molecule has 1 aromatic carbocycles. The Bertz CT molecular complexity index is 507. The number of pyridine rings is 1. The van der Waals surface area contributed by atoms with Gasteiger partial charge in [-0.15, -0.1) is 0 Å². The summed E-state index contributed by atoms with van der Waals surface area (Å²) in [6, 6.07) is 5.37. The molecule has 1 heterocycles. The monoisotopic (exact) mass is 220 g/mol. The number of hydrogen-bond acceptors (Lipinski definition) is 2. The summed E-state index contributed by atoms with van der Waals surface area (Å²) in [7, 11) is 1.91. The first kappa shape index (κ1) is 12.3. The van der Waals surface area contributed by atoms with Crippen LogP contribution in [0.3, 0.4) is 0 Å². The fourth-order valence-electron chi connectivity index (χ4n) is 1.75. The number of aromatic nitrogens is 1. The zero-order chi connectivity index (χ0) is 12.3. The third-order valence-electron chi connectivity index (χ3n) is 2.46. The summed E-state index contributed by atoms with van der Waals surface area (Å²) >= 11 is 0. The second kappa shape index (κ2) is 4.84. The maximum absolute atomic E-state index is 9.57. The minimum Gasteiger partial charge on any atom is -0.504 e. The summed E-state index contributed by atoms with van der Waals surface area (Å²) in [5.41, 5.74) is 1.63. The van der Waals surface area contributed by atoms with E-state index in [1.54, 1.807) is 13.0 Å². The molecule has 86 valence electrons. The second-order valence-corrected chi connectivity index (χ2v) is 3.43. The molecule has 1 aromatic heterocycles. The van der Waals surface area contributed by atoms with Crippen LogP contribution < -0.4 is 4.57 Å². The number of benzene rings is 1. The molecule has 0 saturated carbocycles. The molecule has 0 radical (unpaired) electrons. The number of aryl methyl sites for hydroxylation is 2. The van der Waals surface area contributed by atoms with E-state index in [1.165, 1.54) is 0 Å². The van der Waals surface area contributed by atoms with Crippen molar-refractivity contribution >= 4 is 10.9 Å². The number of nitrogens with zero attached hydrogens (tertiary/aromatic N) is 1. The van der Waals surface area contributed by atoms with E-state index in [4.69, 9.17) is 0 Å². The highest BCUT2D eigenvalue weighted by molar-refractivity contribution is 5.83. The topological polar surface area (TPSA) is 44.3 Å². The molecule has 3 nitrogen and oxygen atoms in total. The van der Waals surface area contributed by atoms with Crippen molar-refractivity contribution in [3.05, 3.63) is 30.0 Å². The molecule has 0 fully saturated rings. The lowest BCUT2D eigenvalue weighted by molar-refractivity contribution is -0.645. The summed E-state index contributed by atoms with van der Waals surface area (Å²) in [6.45, 7) is 5.79. The maximum atomic E-state index is 9.57. The van der Waals surface area contributed by atoms with Crippen molar-refractivity contribution in [2.24, 2.45) is 7.05 Å². The Labute approximate surface area is 95.6 Å². The van der Waals surface area contributed by atoms with Crippen molar-refractivity contribution in [1.82, 2.24) is 0 Å². The Morgan fingerprint density at radius 2 is 1.81 bits per heavy atom. The van der Waals surface area contributed by atoms with Crippen LogP contribution in [0.2, 0.25) is 0 Å². The molecule has 0 aliphatic heterocycles. The number of rotatable bonds is 0. The van der Waals surface area contributed by atoms with Gasteiger partial charge in [0.25, 0.3) is 0 Å². The zero-order valence-electron chi connectivity index (χ0n) is 10.2. The zero-order valence-corrected chi connectivity index (χ0v) is 10.2. The van der Waals surface area contributed by atoms with Gasteiger partial charge >= 0.3 is 0 Å².